The number of rotatable bonds is 6. The van der Waals surface area contributed by atoms with Crippen LogP contribution in [0.1, 0.15) is 29.0 Å². The van der Waals surface area contributed by atoms with Crippen molar-refractivity contribution >= 4 is 29.4 Å². The van der Waals surface area contributed by atoms with Gasteiger partial charge in [0, 0.05) is 54.6 Å². The van der Waals surface area contributed by atoms with Crippen LogP contribution in [-0.2, 0) is 6.42 Å². The third-order valence-electron chi connectivity index (χ3n) is 7.32. The number of piperidine rings is 2. The lowest BCUT2D eigenvalue weighted by atomic mass is 9.76. The molecule has 3 fully saturated rings. The molecule has 4 aromatic rings. The number of imidazole rings is 1. The van der Waals surface area contributed by atoms with Gasteiger partial charge in [-0.3, -0.25) is 9.20 Å². The van der Waals surface area contributed by atoms with Crippen molar-refractivity contribution in [3.63, 3.8) is 0 Å². The van der Waals surface area contributed by atoms with Crippen molar-refractivity contribution in [3.05, 3.63) is 71.0 Å². The van der Waals surface area contributed by atoms with Crippen LogP contribution in [0.2, 0.25) is 5.02 Å². The molecule has 3 saturated heterocycles. The third-order valence-corrected chi connectivity index (χ3v) is 7.57. The molecule has 36 heavy (non-hydrogen) atoms. The molecule has 0 spiro atoms. The highest BCUT2D eigenvalue weighted by Gasteiger charge is 2.48. The first-order valence-corrected chi connectivity index (χ1v) is 12.2. The fraction of sp³-hybridized carbons (Fsp3) is 0.308. The fourth-order valence-electron chi connectivity index (χ4n) is 5.52. The topological polar surface area (TPSA) is 84.7 Å². The van der Waals surface area contributed by atoms with Gasteiger partial charge in [-0.15, -0.1) is 0 Å². The summed E-state index contributed by atoms with van der Waals surface area (Å²) in [5, 5.41) is 4.30. The highest BCUT2D eigenvalue weighted by atomic mass is 35.5. The molecular formula is C26H24ClFN6O2. The Morgan fingerprint density at radius 2 is 2.14 bits per heavy atom. The molecule has 1 N–H and O–H groups in total. The van der Waals surface area contributed by atoms with Crippen molar-refractivity contribution in [3.8, 4) is 17.1 Å². The van der Waals surface area contributed by atoms with Crippen molar-refractivity contribution in [2.24, 2.45) is 0 Å². The number of fused-ring (bicyclic) bond motifs is 4. The van der Waals surface area contributed by atoms with Gasteiger partial charge in [-0.2, -0.15) is 0 Å². The smallest absolute Gasteiger partial charge is 0.238 e. The maximum absolute atomic E-state index is 14.8. The molecule has 6 heterocycles. The van der Waals surface area contributed by atoms with E-state index in [4.69, 9.17) is 21.3 Å². The van der Waals surface area contributed by atoms with Gasteiger partial charge in [-0.1, -0.05) is 23.7 Å². The first kappa shape index (κ1) is 22.9. The Kier molecular flexibility index (Phi) is 5.61. The van der Waals surface area contributed by atoms with Gasteiger partial charge in [0.25, 0.3) is 0 Å². The number of aldehydes is 1. The van der Waals surface area contributed by atoms with Gasteiger partial charge in [0.15, 0.2) is 12.1 Å². The average Bonchev–Trinajstić information content (AvgIpc) is 3.27. The van der Waals surface area contributed by atoms with E-state index in [2.05, 4.69) is 20.2 Å². The first-order valence-electron chi connectivity index (χ1n) is 11.8. The van der Waals surface area contributed by atoms with E-state index >= 15 is 0 Å². The largest absolute Gasteiger partial charge is 0.480 e. The predicted octanol–water partition coefficient (Wildman–Crippen LogP) is 3.96. The van der Waals surface area contributed by atoms with Crippen molar-refractivity contribution in [1.82, 2.24) is 24.7 Å². The molecule has 3 aliphatic heterocycles. The quantitative estimate of drug-likeness (QED) is 0.396. The maximum Gasteiger partial charge on any atom is 0.238 e. The Balaban J connectivity index is 1.49. The molecule has 184 valence electrons. The monoisotopic (exact) mass is 506 g/mol. The Morgan fingerprint density at radius 3 is 2.86 bits per heavy atom. The zero-order valence-corrected chi connectivity index (χ0v) is 20.4. The molecule has 0 saturated carbocycles. The number of pyridine rings is 1. The van der Waals surface area contributed by atoms with Crippen LogP contribution >= 0.6 is 11.6 Å². The number of benzene rings is 1. The second-order valence-corrected chi connectivity index (χ2v) is 9.77. The predicted molar refractivity (Wildman–Crippen MR) is 134 cm³/mol. The summed E-state index contributed by atoms with van der Waals surface area (Å²) >= 11 is 6.15. The number of piperazine rings is 1. The van der Waals surface area contributed by atoms with Crippen LogP contribution in [0.3, 0.4) is 0 Å². The van der Waals surface area contributed by atoms with Gasteiger partial charge in [0.05, 0.1) is 24.0 Å². The number of halogens is 2. The van der Waals surface area contributed by atoms with Crippen LogP contribution in [0.25, 0.3) is 17.0 Å². The van der Waals surface area contributed by atoms with Gasteiger partial charge in [0.2, 0.25) is 11.7 Å². The van der Waals surface area contributed by atoms with Gasteiger partial charge < -0.3 is 15.0 Å². The Hall–Kier alpha value is -3.56. The second kappa shape index (κ2) is 8.83. The van der Waals surface area contributed by atoms with Crippen molar-refractivity contribution in [1.29, 1.82) is 0 Å². The minimum absolute atomic E-state index is 0.239. The second-order valence-electron chi connectivity index (χ2n) is 9.33. The normalized spacial score (nSPS) is 21.2. The number of aromatic nitrogens is 4. The van der Waals surface area contributed by atoms with Crippen molar-refractivity contribution in [2.75, 3.05) is 25.1 Å². The summed E-state index contributed by atoms with van der Waals surface area (Å²) in [7, 11) is 1.49. The summed E-state index contributed by atoms with van der Waals surface area (Å²) in [4.78, 5) is 27.0. The molecule has 0 amide bonds. The Labute approximate surface area is 212 Å². The summed E-state index contributed by atoms with van der Waals surface area (Å²) in [5.74, 6) is 0.188. The van der Waals surface area contributed by atoms with Gasteiger partial charge >= 0.3 is 0 Å². The molecule has 0 radical (unpaired) electrons. The Bertz CT molecular complexity index is 1450. The number of ether oxygens (including phenoxy) is 1. The SMILES string of the molecule is COc1nc(C=O)c(F)cc1N1CC2CCC1(Cc1c(-c3ccc(Cl)cc3)nc3ncccn13)CN2. The van der Waals surface area contributed by atoms with E-state index in [1.807, 2.05) is 40.9 Å². The lowest BCUT2D eigenvalue weighted by Gasteiger charge is -2.56. The van der Waals surface area contributed by atoms with Crippen LogP contribution < -0.4 is 15.0 Å². The van der Waals surface area contributed by atoms with E-state index in [0.29, 0.717) is 42.3 Å². The number of hydrogen-bond acceptors (Lipinski definition) is 7. The highest BCUT2D eigenvalue weighted by molar-refractivity contribution is 6.30. The molecule has 3 aromatic heterocycles. The van der Waals surface area contributed by atoms with Crippen molar-refractivity contribution < 1.29 is 13.9 Å². The van der Waals surface area contributed by atoms with E-state index in [9.17, 15) is 9.18 Å². The molecule has 10 heteroatoms. The van der Waals surface area contributed by atoms with Crippen LogP contribution in [0.15, 0.2) is 48.8 Å². The summed E-state index contributed by atoms with van der Waals surface area (Å²) in [6.07, 6.45) is 6.60. The summed E-state index contributed by atoms with van der Waals surface area (Å²) < 4.78 is 22.3. The number of carbonyl (C=O) groups is 1. The van der Waals surface area contributed by atoms with E-state index in [1.54, 1.807) is 6.20 Å². The van der Waals surface area contributed by atoms with Gasteiger partial charge in [0.1, 0.15) is 11.4 Å². The summed E-state index contributed by atoms with van der Waals surface area (Å²) in [6, 6.07) is 11.1. The molecule has 2 atom stereocenters. The van der Waals surface area contributed by atoms with Gasteiger partial charge in [-0.25, -0.2) is 19.3 Å². The van der Waals surface area contributed by atoms with E-state index in [-0.39, 0.29) is 17.6 Å². The molecule has 7 rings (SSSR count). The zero-order chi connectivity index (χ0) is 24.9. The maximum atomic E-state index is 14.8. The van der Waals surface area contributed by atoms with Crippen LogP contribution in [-0.4, -0.2) is 57.4 Å². The lowest BCUT2D eigenvalue weighted by molar-refractivity contribution is 0.111. The molecule has 3 aliphatic rings. The van der Waals surface area contributed by atoms with Crippen molar-refractivity contribution in [2.45, 2.75) is 30.8 Å². The summed E-state index contributed by atoms with van der Waals surface area (Å²) in [5.41, 5.74) is 2.67. The average molecular weight is 507 g/mol. The molecule has 0 aliphatic carbocycles. The highest BCUT2D eigenvalue weighted by Crippen LogP contribution is 2.43. The number of nitrogens with zero attached hydrogens (tertiary/aromatic N) is 5. The molecule has 8 nitrogen and oxygen atoms in total. The van der Waals surface area contributed by atoms with Crippen LogP contribution in [0.4, 0.5) is 10.1 Å². The number of hydrogen-bond donors (Lipinski definition) is 1. The molecule has 1 aromatic carbocycles. The molecule has 2 unspecified atom stereocenters. The Morgan fingerprint density at radius 1 is 1.31 bits per heavy atom. The molecule has 2 bridgehead atoms. The van der Waals surface area contributed by atoms with Crippen LogP contribution in [0.5, 0.6) is 5.88 Å². The fourth-order valence-corrected chi connectivity index (χ4v) is 5.65. The van der Waals surface area contributed by atoms with Gasteiger partial charge in [-0.05, 0) is 31.0 Å². The third kappa shape index (κ3) is 3.70. The minimum Gasteiger partial charge on any atom is -0.480 e. The molecular weight excluding hydrogens is 483 g/mol. The number of anilines is 1. The minimum atomic E-state index is -0.661. The number of nitrogens with one attached hydrogen (secondary N) is 1. The lowest BCUT2D eigenvalue weighted by Crippen LogP contribution is -2.70. The zero-order valence-electron chi connectivity index (χ0n) is 19.6. The number of methoxy groups -OCH3 is 1. The first-order chi connectivity index (χ1) is 17.5. The standard InChI is InChI=1S/C26H24ClFN6O2/c1-36-24-21(11-19(28)20(14-35)31-24)34-13-18-7-8-26(34,15-30-18)12-22-23(16-3-5-17(27)6-4-16)32-25-29-9-2-10-33(22)25/h2-6,9-11,14,18,30H,7-8,12-13,15H2,1H3. The summed E-state index contributed by atoms with van der Waals surface area (Å²) in [6.45, 7) is 1.37. The van der Waals surface area contributed by atoms with E-state index < -0.39 is 11.4 Å². The number of carbonyl (C=O) groups excluding carboxylic acids is 1. The van der Waals surface area contributed by atoms with E-state index in [0.717, 1.165) is 29.8 Å². The van der Waals surface area contributed by atoms with Crippen LogP contribution in [0, 0.1) is 5.82 Å². The van der Waals surface area contributed by atoms with E-state index in [1.165, 1.54) is 13.2 Å².